The number of pyridine rings is 3. The Morgan fingerprint density at radius 1 is 0.353 bits per heavy atom. The predicted octanol–water partition coefficient (Wildman–Crippen LogP) is 15.3. The first kappa shape index (κ1) is 118. The molecule has 0 aliphatic carbocycles. The van der Waals surface area contributed by atoms with Crippen molar-refractivity contribution in [2.45, 2.75) is 130 Å². The molecule has 0 saturated heterocycles. The van der Waals surface area contributed by atoms with E-state index in [0.717, 1.165) is 145 Å². The second kappa shape index (κ2) is 43.0. The van der Waals surface area contributed by atoms with E-state index in [9.17, 15) is 147 Å². The van der Waals surface area contributed by atoms with E-state index in [1.807, 2.05) is 0 Å². The highest BCUT2D eigenvalue weighted by Crippen LogP contribution is 2.47. The number of benzene rings is 5. The van der Waals surface area contributed by atoms with Crippen LogP contribution in [0.25, 0.3) is 0 Å². The van der Waals surface area contributed by atoms with E-state index in [0.29, 0.717) is 22.6 Å². The molecule has 9 atom stereocenters. The number of hydrogen-bond donors (Lipinski definition) is 10. The minimum absolute atomic E-state index is 0.0246. The summed E-state index contributed by atoms with van der Waals surface area (Å²) < 4.78 is 453. The van der Waals surface area contributed by atoms with Gasteiger partial charge in [0.05, 0.1) is 57.6 Å². The second-order valence-electron chi connectivity index (χ2n) is 34.8. The fourth-order valence-electron chi connectivity index (χ4n) is 15.3. The quantitative estimate of drug-likeness (QED) is 0.0336. The second-order valence-corrected chi connectivity index (χ2v) is 45.7. The van der Waals surface area contributed by atoms with Gasteiger partial charge in [-0.2, -0.15) is 79.0 Å². The average Bonchev–Trinajstić information content (AvgIpc) is 0.830. The summed E-state index contributed by atoms with van der Waals surface area (Å²) in [5, 5.41) is 12.6. The van der Waals surface area contributed by atoms with Crippen molar-refractivity contribution >= 4 is 120 Å². The third-order valence-corrected chi connectivity index (χ3v) is 33.9. The number of alkyl halides is 18. The first-order valence-corrected chi connectivity index (χ1v) is 51.6. The van der Waals surface area contributed by atoms with Gasteiger partial charge in [-0.15, -0.1) is 11.3 Å². The van der Waals surface area contributed by atoms with Crippen LogP contribution in [0.15, 0.2) is 206 Å². The number of halogens is 24. The third-order valence-electron chi connectivity index (χ3n) is 23.2. The zero-order chi connectivity index (χ0) is 113. The van der Waals surface area contributed by atoms with Gasteiger partial charge in [0.25, 0.3) is 0 Å². The fraction of sp³-hybridized carbons (Fsp3) is 0.356. The van der Waals surface area contributed by atoms with Crippen LogP contribution in [-0.4, -0.2) is 203 Å². The van der Waals surface area contributed by atoms with Crippen molar-refractivity contribution in [2.24, 2.45) is 53.6 Å². The van der Waals surface area contributed by atoms with E-state index < -0.39 is 231 Å². The number of guanidine groups is 5. The SMILES string of the molecule is C/C=C(\Nc1ccc(F)c([C@]2(C)CS(=O)(=O)N(C)C(N)=N2)c1)C(F)(F)F.CN1C(N)=N[C@](C)(c2cc(NC(c3ccc(C(F)(F)F)cn3)C(F)(F)F)ccc2F)CS1(=O)=O.CN1C(N)=N[C@](C)(c2cc(NC(c3ccc(F)cn3)C(F)(F)F)ccc2F)CS1(=O)=O.CN1C(N)=N[C@](C)(c2cc(NC(c3ccccn3)C(F)(F)F)ccc2F)CS1(=O)=O.CN1C(N)=N[C@](C)(c2cc(NC(c3cccs3)C(F)(F)F)ccc2F)CS1(=O)=O. The number of rotatable bonds is 19. The van der Waals surface area contributed by atoms with Crippen LogP contribution in [0.3, 0.4) is 0 Å². The van der Waals surface area contributed by atoms with Crippen molar-refractivity contribution in [3.05, 3.63) is 272 Å². The molecule has 63 heteroatoms. The van der Waals surface area contributed by atoms with E-state index in [1.165, 1.54) is 112 Å². The van der Waals surface area contributed by atoms with Gasteiger partial charge in [0, 0.05) is 109 Å². The zero-order valence-electron chi connectivity index (χ0n) is 79.4. The number of anilines is 5. The van der Waals surface area contributed by atoms with Gasteiger partial charge in [-0.1, -0.05) is 18.2 Å². The first-order chi connectivity index (χ1) is 68.6. The summed E-state index contributed by atoms with van der Waals surface area (Å²) in [6.07, 6.45) is -25.5. The van der Waals surface area contributed by atoms with Gasteiger partial charge in [-0.3, -0.25) is 15.0 Å². The number of thiophene rings is 1. The van der Waals surface area contributed by atoms with Crippen molar-refractivity contribution in [2.75, 3.05) is 90.6 Å². The highest BCUT2D eigenvalue weighted by atomic mass is 32.2. The number of allylic oxidation sites excluding steroid dienone is 2. The Morgan fingerprint density at radius 3 is 0.853 bits per heavy atom. The Bertz CT molecular complexity index is 7310. The maximum atomic E-state index is 14.6. The Kier molecular flexibility index (Phi) is 33.9. The van der Waals surface area contributed by atoms with E-state index in [2.05, 4.69) is 66.5 Å². The van der Waals surface area contributed by atoms with Crippen molar-refractivity contribution in [1.29, 1.82) is 0 Å². The molecule has 9 heterocycles. The van der Waals surface area contributed by atoms with Crippen LogP contribution in [0.5, 0.6) is 0 Å². The monoisotopic (exact) mass is 2270 g/mol. The maximum absolute atomic E-state index is 14.6. The molecule has 0 spiro atoms. The Labute approximate surface area is 845 Å². The molecule has 5 aliphatic heterocycles. The summed E-state index contributed by atoms with van der Waals surface area (Å²) in [4.78, 5) is 30.8. The smallest absolute Gasteiger partial charge is 0.370 e. The summed E-state index contributed by atoms with van der Waals surface area (Å²) in [5.74, 6) is -9.96. The number of sulfonamides is 5. The Balaban J connectivity index is 0.000000192. The number of nitrogens with zero attached hydrogens (tertiary/aromatic N) is 13. The molecule has 818 valence electrons. The first-order valence-electron chi connectivity index (χ1n) is 42.7. The van der Waals surface area contributed by atoms with Gasteiger partial charge in [0.15, 0.2) is 24.2 Å². The highest BCUT2D eigenvalue weighted by molar-refractivity contribution is 7.91. The molecule has 15 N–H and O–H groups in total. The summed E-state index contributed by atoms with van der Waals surface area (Å²) >= 11 is 0.932. The van der Waals surface area contributed by atoms with Crippen LogP contribution >= 0.6 is 11.3 Å². The van der Waals surface area contributed by atoms with Gasteiger partial charge in [0.2, 0.25) is 79.9 Å². The molecule has 14 rings (SSSR count). The molecular formula is C87H91F24N23O10S6. The molecule has 0 amide bonds. The van der Waals surface area contributed by atoms with Crippen LogP contribution in [0.4, 0.5) is 134 Å². The number of nitrogens with two attached hydrogens (primary N) is 5. The summed E-state index contributed by atoms with van der Waals surface area (Å²) in [6, 6.07) is 16.0. The highest BCUT2D eigenvalue weighted by Gasteiger charge is 2.52. The molecule has 150 heavy (non-hydrogen) atoms. The zero-order valence-corrected chi connectivity index (χ0v) is 84.3. The third kappa shape index (κ3) is 27.4. The minimum atomic E-state index is -5.00. The summed E-state index contributed by atoms with van der Waals surface area (Å²) in [7, 11) is -13.5. The maximum Gasteiger partial charge on any atom is 0.430 e. The standard InChI is InChI=1S/C19H18F7N5O2S.C18H18F5N5O2S.C18H19F4N5O2S.C17H18F4N4O2S2.C15H18F4N4O2S/c1-17(9-34(32,33)31(2)16(27)30-17)12-7-11(4-5-13(12)20)29-15(19(24,25)26)14-6-3-10(8-28-14)18(21,22)23;1-17(9-31(29,30)28(2)16(24)27-17)12-7-11(4-5-13(12)20)26-15(18(21,22)23)14-6-3-10(19)8-25-14;1-17(10-30(28,29)27(2)16(23)26-17)12-9-11(6-7-13(12)19)25-15(18(20,21)22)14-5-3-4-8-24-14;1-16(9-29(26,27)25(2)15(22)24-16)11-8-10(5-6-12(11)18)23-14(17(19,20)21)13-4-3-7-28-13;1-4-12(15(17,18)19)21-9-5-6-11(16)10(7-9)14(2)8-26(24,25)23(3)13(20)22-14/h3-8,15,29H,9H2,1-2H3,(H2,27,30);3-8,15,26H,9H2,1-2H3,(H2,24,27);3-9,15,25H,10H2,1-2H3,(H2,23,26);3-8,14,23H,9H2,1-2H3,(H2,22,24);4-7,21H,8H2,1-3H3,(H2,20,22)/b;;;;12-4-/t3*15?,17-;14?,16-;14-/m00000/s1. The lowest BCUT2D eigenvalue weighted by atomic mass is 9.93. The van der Waals surface area contributed by atoms with Crippen LogP contribution in [0, 0.1) is 34.9 Å². The molecule has 0 bridgehead atoms. The lowest BCUT2D eigenvalue weighted by Crippen LogP contribution is -2.50. The van der Waals surface area contributed by atoms with Crippen molar-refractivity contribution in [1.82, 2.24) is 36.5 Å². The van der Waals surface area contributed by atoms with Gasteiger partial charge in [-0.05, 0) is 180 Å². The van der Waals surface area contributed by atoms with Gasteiger partial charge in [-0.25, -0.2) is 115 Å². The normalized spacial score (nSPS) is 22.4. The van der Waals surface area contributed by atoms with Crippen LogP contribution < -0.4 is 55.3 Å². The van der Waals surface area contributed by atoms with Gasteiger partial charge in [0.1, 0.15) is 68.3 Å². The summed E-state index contributed by atoms with van der Waals surface area (Å²) in [5.41, 5.74) is 14.5. The van der Waals surface area contributed by atoms with E-state index in [1.54, 1.807) is 0 Å². The van der Waals surface area contributed by atoms with Crippen molar-refractivity contribution in [3.63, 3.8) is 0 Å². The lowest BCUT2D eigenvalue weighted by Gasteiger charge is -2.35. The van der Waals surface area contributed by atoms with Gasteiger partial charge < -0.3 is 55.3 Å². The molecule has 0 radical (unpaired) electrons. The van der Waals surface area contributed by atoms with E-state index in [-0.39, 0.29) is 96.9 Å². The van der Waals surface area contributed by atoms with Crippen LogP contribution in [-0.2, 0) is 84.0 Å². The molecular weight excluding hydrogens is 2180 g/mol. The average molecular weight is 2270 g/mol. The topological polar surface area (TPSA) is 478 Å². The summed E-state index contributed by atoms with van der Waals surface area (Å²) in [6.45, 7) is 7.85. The van der Waals surface area contributed by atoms with E-state index >= 15 is 0 Å². The van der Waals surface area contributed by atoms with E-state index in [4.69, 9.17) is 28.7 Å². The van der Waals surface area contributed by atoms with Crippen molar-refractivity contribution < 1.29 is 147 Å². The molecule has 4 aromatic heterocycles. The fourth-order valence-corrected chi connectivity index (χ4v) is 23.3. The predicted molar refractivity (Wildman–Crippen MR) is 510 cm³/mol. The number of nitrogens with one attached hydrogen (secondary N) is 5. The number of aliphatic imine (C=N–C) groups is 5. The van der Waals surface area contributed by atoms with Crippen LogP contribution in [0.1, 0.15) is 121 Å². The lowest BCUT2D eigenvalue weighted by molar-refractivity contribution is -0.145. The Hall–Kier alpha value is -13.6. The molecule has 0 fully saturated rings. The van der Waals surface area contributed by atoms with Gasteiger partial charge >= 0.3 is 37.1 Å². The largest absolute Gasteiger partial charge is 0.430 e. The molecule has 4 unspecified atom stereocenters. The number of hydrogen-bond acceptors (Lipinski definition) is 29. The molecule has 0 saturated carbocycles. The molecule has 5 aromatic carbocycles. The molecule has 33 nitrogen and oxygen atoms in total. The minimum Gasteiger partial charge on any atom is -0.370 e. The molecule has 5 aliphatic rings. The van der Waals surface area contributed by atoms with Crippen LogP contribution in [0.2, 0.25) is 0 Å². The number of aromatic nitrogens is 3. The Morgan fingerprint density at radius 2 is 0.627 bits per heavy atom. The van der Waals surface area contributed by atoms with Crippen molar-refractivity contribution in [3.8, 4) is 0 Å². The molecule has 9 aromatic rings.